The maximum atomic E-state index is 11.5. The van der Waals surface area contributed by atoms with Gasteiger partial charge in [-0.15, -0.1) is 0 Å². The molecule has 0 aromatic rings. The van der Waals surface area contributed by atoms with Crippen LogP contribution >= 0.6 is 0 Å². The van der Waals surface area contributed by atoms with E-state index in [9.17, 15) is 4.79 Å². The Balaban J connectivity index is 2.57. The molecule has 0 aromatic heterocycles. The average Bonchev–Trinajstić information content (AvgIpc) is 2.80. The molecule has 1 atom stereocenters. The second-order valence-corrected chi connectivity index (χ2v) is 4.62. The SMILES string of the molecule is C=CC(=O)N1COC(CC)(CCB(C)C#N)C1. The van der Waals surface area contributed by atoms with Gasteiger partial charge in [-0.2, -0.15) is 0 Å². The number of carbonyl (C=O) groups is 1. The highest BCUT2D eigenvalue weighted by molar-refractivity contribution is 6.65. The van der Waals surface area contributed by atoms with E-state index in [1.165, 1.54) is 6.08 Å². The summed E-state index contributed by atoms with van der Waals surface area (Å²) in [6, 6.07) is 0. The van der Waals surface area contributed by atoms with Crippen molar-refractivity contribution >= 4 is 12.6 Å². The summed E-state index contributed by atoms with van der Waals surface area (Å²) in [7, 11) is 0. The highest BCUT2D eigenvalue weighted by atomic mass is 16.5. The zero-order valence-corrected chi connectivity index (χ0v) is 10.6. The second-order valence-electron chi connectivity index (χ2n) is 4.62. The van der Waals surface area contributed by atoms with Crippen molar-refractivity contribution in [3.05, 3.63) is 12.7 Å². The largest absolute Gasteiger partial charge is 0.353 e. The molecule has 4 nitrogen and oxygen atoms in total. The number of rotatable bonds is 5. The molecule has 92 valence electrons. The highest BCUT2D eigenvalue weighted by Gasteiger charge is 2.39. The molecule has 5 heteroatoms. The lowest BCUT2D eigenvalue weighted by Crippen LogP contribution is -2.36. The average molecular weight is 234 g/mol. The zero-order valence-electron chi connectivity index (χ0n) is 10.6. The summed E-state index contributed by atoms with van der Waals surface area (Å²) in [6.07, 6.45) is 3.79. The van der Waals surface area contributed by atoms with E-state index >= 15 is 0 Å². The molecule has 0 N–H and O–H groups in total. The predicted octanol–water partition coefficient (Wildman–Crippen LogP) is 1.71. The van der Waals surface area contributed by atoms with E-state index in [1.807, 2.05) is 6.82 Å². The van der Waals surface area contributed by atoms with E-state index in [-0.39, 0.29) is 18.2 Å². The van der Waals surface area contributed by atoms with Gasteiger partial charge in [0.25, 0.3) is 6.71 Å². The third-order valence-corrected chi connectivity index (χ3v) is 3.39. The van der Waals surface area contributed by atoms with Gasteiger partial charge in [-0.1, -0.05) is 26.6 Å². The van der Waals surface area contributed by atoms with Crippen LogP contribution in [-0.2, 0) is 9.53 Å². The van der Waals surface area contributed by atoms with Crippen molar-refractivity contribution < 1.29 is 9.53 Å². The van der Waals surface area contributed by atoms with Crippen LogP contribution in [0, 0.1) is 11.2 Å². The molecule has 1 rings (SSSR count). The molecule has 0 bridgehead atoms. The van der Waals surface area contributed by atoms with Gasteiger partial charge in [-0.25, -0.2) is 5.26 Å². The van der Waals surface area contributed by atoms with Gasteiger partial charge in [-0.3, -0.25) is 4.79 Å². The fraction of sp³-hybridized carbons (Fsp3) is 0.667. The van der Waals surface area contributed by atoms with Crippen LogP contribution in [0.15, 0.2) is 12.7 Å². The van der Waals surface area contributed by atoms with Gasteiger partial charge in [-0.05, 0) is 18.9 Å². The van der Waals surface area contributed by atoms with Crippen molar-refractivity contribution in [1.82, 2.24) is 4.90 Å². The number of amides is 1. The fourth-order valence-electron chi connectivity index (χ4n) is 2.01. The Hall–Kier alpha value is -1.28. The molecule has 1 unspecified atom stereocenters. The lowest BCUT2D eigenvalue weighted by Gasteiger charge is -2.26. The predicted molar refractivity (Wildman–Crippen MR) is 67.5 cm³/mol. The molecule has 0 aromatic carbocycles. The number of carbonyl (C=O) groups excluding carboxylic acids is 1. The quantitative estimate of drug-likeness (QED) is 0.537. The van der Waals surface area contributed by atoms with Gasteiger partial charge in [0.2, 0.25) is 5.91 Å². The normalized spacial score (nSPS) is 23.2. The molecular formula is C12H19BN2O2. The van der Waals surface area contributed by atoms with Gasteiger partial charge >= 0.3 is 0 Å². The van der Waals surface area contributed by atoms with Crippen molar-refractivity contribution in [2.24, 2.45) is 0 Å². The van der Waals surface area contributed by atoms with Crippen LogP contribution < -0.4 is 0 Å². The van der Waals surface area contributed by atoms with Gasteiger partial charge in [0.05, 0.1) is 12.1 Å². The maximum absolute atomic E-state index is 11.5. The van der Waals surface area contributed by atoms with Crippen LogP contribution in [-0.4, -0.2) is 36.4 Å². The number of ether oxygens (including phenoxy) is 1. The summed E-state index contributed by atoms with van der Waals surface area (Å²) in [5.41, 5.74) is -0.274. The Morgan fingerprint density at radius 2 is 2.47 bits per heavy atom. The van der Waals surface area contributed by atoms with E-state index in [0.717, 1.165) is 19.2 Å². The summed E-state index contributed by atoms with van der Waals surface area (Å²) < 4.78 is 5.77. The minimum atomic E-state index is -0.274. The third kappa shape index (κ3) is 3.34. The van der Waals surface area contributed by atoms with Crippen LogP contribution in [0.1, 0.15) is 19.8 Å². The zero-order chi connectivity index (χ0) is 12.9. The molecule has 0 saturated carbocycles. The molecule has 1 saturated heterocycles. The van der Waals surface area contributed by atoms with Crippen molar-refractivity contribution in [2.45, 2.75) is 38.5 Å². The van der Waals surface area contributed by atoms with Crippen molar-refractivity contribution in [2.75, 3.05) is 13.3 Å². The van der Waals surface area contributed by atoms with Crippen molar-refractivity contribution in [1.29, 1.82) is 5.26 Å². The summed E-state index contributed by atoms with van der Waals surface area (Å²) in [6.45, 7) is 8.41. The fourth-order valence-corrected chi connectivity index (χ4v) is 2.01. The third-order valence-electron chi connectivity index (χ3n) is 3.39. The number of nitrogens with zero attached hydrogens (tertiary/aromatic N) is 2. The molecule has 1 aliphatic heterocycles. The van der Waals surface area contributed by atoms with E-state index < -0.39 is 0 Å². The molecule has 1 aliphatic rings. The minimum Gasteiger partial charge on any atom is -0.353 e. The first-order chi connectivity index (χ1) is 8.06. The van der Waals surface area contributed by atoms with Gasteiger partial charge in [0, 0.05) is 5.97 Å². The van der Waals surface area contributed by atoms with E-state index in [4.69, 9.17) is 10.00 Å². The number of hydrogen-bond donors (Lipinski definition) is 0. The van der Waals surface area contributed by atoms with E-state index in [1.54, 1.807) is 4.90 Å². The first-order valence-electron chi connectivity index (χ1n) is 6.02. The van der Waals surface area contributed by atoms with Crippen LogP contribution in [0.4, 0.5) is 0 Å². The van der Waals surface area contributed by atoms with Gasteiger partial charge < -0.3 is 9.64 Å². The number of nitriles is 1. The lowest BCUT2D eigenvalue weighted by molar-refractivity contribution is -0.126. The van der Waals surface area contributed by atoms with Gasteiger partial charge in [0.1, 0.15) is 6.73 Å². The van der Waals surface area contributed by atoms with Crippen LogP contribution in [0.3, 0.4) is 0 Å². The molecule has 1 heterocycles. The molecular weight excluding hydrogens is 215 g/mol. The maximum Gasteiger partial charge on any atom is 0.264 e. The minimum absolute atomic E-state index is 0.0335. The summed E-state index contributed by atoms with van der Waals surface area (Å²) in [4.78, 5) is 13.1. The van der Waals surface area contributed by atoms with Crippen LogP contribution in [0.25, 0.3) is 0 Å². The first kappa shape index (κ1) is 13.8. The Labute approximate surface area is 103 Å². The standard InChI is InChI=1S/C12H19BN2O2/c1-4-11(16)15-8-12(5-2,17-10-15)6-7-13(3)9-14/h4H,1,5-8,10H2,2-3H3. The van der Waals surface area contributed by atoms with E-state index in [2.05, 4.69) is 19.5 Å². The van der Waals surface area contributed by atoms with Crippen LogP contribution in [0.5, 0.6) is 0 Å². The Morgan fingerprint density at radius 3 is 3.00 bits per heavy atom. The molecule has 17 heavy (non-hydrogen) atoms. The smallest absolute Gasteiger partial charge is 0.264 e. The van der Waals surface area contributed by atoms with Crippen molar-refractivity contribution in [3.8, 4) is 5.97 Å². The van der Waals surface area contributed by atoms with Gasteiger partial charge in [0.15, 0.2) is 0 Å². The molecule has 0 aliphatic carbocycles. The van der Waals surface area contributed by atoms with Crippen molar-refractivity contribution in [3.63, 3.8) is 0 Å². The Bertz CT molecular complexity index is 340. The molecule has 0 radical (unpaired) electrons. The lowest BCUT2D eigenvalue weighted by atomic mass is 9.50. The Kier molecular flexibility index (Phi) is 4.77. The topological polar surface area (TPSA) is 53.3 Å². The molecule has 0 spiro atoms. The molecule has 1 fully saturated rings. The molecule has 1 amide bonds. The number of hydrogen-bond acceptors (Lipinski definition) is 3. The summed E-state index contributed by atoms with van der Waals surface area (Å²) >= 11 is 0. The second kappa shape index (κ2) is 5.88. The van der Waals surface area contributed by atoms with Crippen LogP contribution in [0.2, 0.25) is 13.1 Å². The Morgan fingerprint density at radius 1 is 1.76 bits per heavy atom. The highest BCUT2D eigenvalue weighted by Crippen LogP contribution is 2.30. The first-order valence-corrected chi connectivity index (χ1v) is 6.02. The summed E-state index contributed by atoms with van der Waals surface area (Å²) in [5.74, 6) is 2.13. The van der Waals surface area contributed by atoms with E-state index in [0.29, 0.717) is 13.3 Å². The monoisotopic (exact) mass is 234 g/mol. The summed E-state index contributed by atoms with van der Waals surface area (Å²) in [5, 5.41) is 8.78.